The van der Waals surface area contributed by atoms with E-state index in [0.29, 0.717) is 0 Å². The van der Waals surface area contributed by atoms with Crippen LogP contribution >= 0.6 is 0 Å². The van der Waals surface area contributed by atoms with Crippen molar-refractivity contribution in [3.8, 4) is 5.75 Å². The van der Waals surface area contributed by atoms with Crippen molar-refractivity contribution in [2.24, 2.45) is 0 Å². The fraction of sp³-hybridized carbons (Fsp3) is 0.304. The molecule has 0 saturated heterocycles. The Labute approximate surface area is 165 Å². The van der Waals surface area contributed by atoms with Gasteiger partial charge in [0.1, 0.15) is 11.8 Å². The number of nitrogens with one attached hydrogen (secondary N) is 2. The normalized spacial score (nSPS) is 16.1. The van der Waals surface area contributed by atoms with E-state index in [-0.39, 0.29) is 17.4 Å². The molecule has 0 radical (unpaired) electrons. The van der Waals surface area contributed by atoms with Gasteiger partial charge in [0.05, 0.1) is 12.6 Å². The molecule has 0 aliphatic heterocycles. The number of benzene rings is 2. The number of amides is 2. The largest absolute Gasteiger partial charge is 0.497 e. The monoisotopic (exact) mass is 378 g/mol. The van der Waals surface area contributed by atoms with Crippen molar-refractivity contribution in [2.45, 2.75) is 37.8 Å². The van der Waals surface area contributed by atoms with Gasteiger partial charge in [-0.15, -0.1) is 0 Å². The van der Waals surface area contributed by atoms with Crippen LogP contribution in [0, 0.1) is 0 Å². The van der Waals surface area contributed by atoms with Crippen LogP contribution in [0.3, 0.4) is 0 Å². The predicted octanol–water partition coefficient (Wildman–Crippen LogP) is 3.41. The van der Waals surface area contributed by atoms with Crippen molar-refractivity contribution >= 4 is 17.9 Å². The first-order chi connectivity index (χ1) is 13.5. The van der Waals surface area contributed by atoms with Gasteiger partial charge in [0, 0.05) is 6.08 Å². The first-order valence-corrected chi connectivity index (χ1v) is 9.53. The van der Waals surface area contributed by atoms with E-state index in [1.165, 1.54) is 6.08 Å². The van der Waals surface area contributed by atoms with E-state index < -0.39 is 6.04 Å². The van der Waals surface area contributed by atoms with Gasteiger partial charge in [-0.3, -0.25) is 9.59 Å². The lowest BCUT2D eigenvalue weighted by molar-refractivity contribution is -0.129. The fourth-order valence-corrected chi connectivity index (χ4v) is 3.33. The van der Waals surface area contributed by atoms with Gasteiger partial charge < -0.3 is 15.4 Å². The molecule has 2 aromatic carbocycles. The average Bonchev–Trinajstić information content (AvgIpc) is 2.70. The second-order valence-electron chi connectivity index (χ2n) is 7.13. The molecular weight excluding hydrogens is 352 g/mol. The lowest BCUT2D eigenvalue weighted by atomic mass is 9.71. The third-order valence-corrected chi connectivity index (χ3v) is 5.19. The summed E-state index contributed by atoms with van der Waals surface area (Å²) in [6, 6.07) is 16.8. The van der Waals surface area contributed by atoms with Crippen LogP contribution in [0.1, 0.15) is 37.3 Å². The van der Waals surface area contributed by atoms with E-state index in [4.69, 9.17) is 4.74 Å². The molecule has 0 aromatic heterocycles. The number of carbonyl (C=O) groups excluding carboxylic acids is 2. The second-order valence-corrected chi connectivity index (χ2v) is 7.13. The molecular formula is C23H26N2O3. The molecule has 2 amide bonds. The molecule has 1 atom stereocenters. The molecule has 3 rings (SSSR count). The second kappa shape index (κ2) is 8.74. The van der Waals surface area contributed by atoms with E-state index in [0.717, 1.165) is 36.1 Å². The number of methoxy groups -OCH3 is 1. The highest BCUT2D eigenvalue weighted by Gasteiger charge is 2.40. The molecule has 1 saturated carbocycles. The van der Waals surface area contributed by atoms with Gasteiger partial charge in [-0.05, 0) is 55.5 Å². The van der Waals surface area contributed by atoms with Crippen molar-refractivity contribution in [3.63, 3.8) is 0 Å². The van der Waals surface area contributed by atoms with Crippen molar-refractivity contribution in [2.75, 3.05) is 7.11 Å². The number of hydrogen-bond acceptors (Lipinski definition) is 3. The van der Waals surface area contributed by atoms with Crippen molar-refractivity contribution in [3.05, 3.63) is 71.8 Å². The lowest BCUT2D eigenvalue weighted by Gasteiger charge is -2.43. The average molecular weight is 378 g/mol. The number of rotatable bonds is 7. The van der Waals surface area contributed by atoms with Crippen molar-refractivity contribution < 1.29 is 14.3 Å². The highest BCUT2D eigenvalue weighted by molar-refractivity contribution is 5.95. The van der Waals surface area contributed by atoms with Crippen LogP contribution in [0.4, 0.5) is 0 Å². The Morgan fingerprint density at radius 2 is 1.75 bits per heavy atom. The summed E-state index contributed by atoms with van der Waals surface area (Å²) in [6.45, 7) is 1.70. The minimum absolute atomic E-state index is 0.172. The summed E-state index contributed by atoms with van der Waals surface area (Å²) in [6.07, 6.45) is 6.06. The molecule has 5 nitrogen and oxygen atoms in total. The van der Waals surface area contributed by atoms with Crippen LogP contribution in [-0.4, -0.2) is 25.0 Å². The summed E-state index contributed by atoms with van der Waals surface area (Å²) in [5.41, 5.74) is 1.69. The van der Waals surface area contributed by atoms with Crippen LogP contribution in [0.25, 0.3) is 6.08 Å². The van der Waals surface area contributed by atoms with Crippen LogP contribution in [0.15, 0.2) is 60.7 Å². The van der Waals surface area contributed by atoms with Gasteiger partial charge in [0.15, 0.2) is 0 Å². The van der Waals surface area contributed by atoms with Crippen molar-refractivity contribution in [1.82, 2.24) is 10.6 Å². The Balaban J connectivity index is 1.56. The molecule has 2 N–H and O–H groups in total. The van der Waals surface area contributed by atoms with Crippen LogP contribution in [0.2, 0.25) is 0 Å². The molecule has 1 aliphatic carbocycles. The minimum Gasteiger partial charge on any atom is -0.497 e. The fourth-order valence-electron chi connectivity index (χ4n) is 3.33. The zero-order chi connectivity index (χ0) is 20.0. The maximum atomic E-state index is 12.6. The molecule has 0 heterocycles. The van der Waals surface area contributed by atoms with Crippen molar-refractivity contribution in [1.29, 1.82) is 0 Å². The number of hydrogen-bond donors (Lipinski definition) is 2. The Bertz CT molecular complexity index is 840. The van der Waals surface area contributed by atoms with Crippen LogP contribution < -0.4 is 15.4 Å². The SMILES string of the molecule is COc1ccc(/C=C/C(=O)NC(C)C(=O)NC2(c3ccccc3)CCC2)cc1. The maximum Gasteiger partial charge on any atom is 0.244 e. The van der Waals surface area contributed by atoms with Crippen LogP contribution in [0.5, 0.6) is 5.75 Å². The van der Waals surface area contributed by atoms with E-state index in [9.17, 15) is 9.59 Å². The van der Waals surface area contributed by atoms with E-state index in [1.54, 1.807) is 20.1 Å². The van der Waals surface area contributed by atoms with Gasteiger partial charge in [-0.2, -0.15) is 0 Å². The van der Waals surface area contributed by atoms with Gasteiger partial charge in [-0.1, -0.05) is 42.5 Å². The first-order valence-electron chi connectivity index (χ1n) is 9.53. The molecule has 28 heavy (non-hydrogen) atoms. The zero-order valence-electron chi connectivity index (χ0n) is 16.3. The minimum atomic E-state index is -0.616. The Hall–Kier alpha value is -3.08. The van der Waals surface area contributed by atoms with Gasteiger partial charge >= 0.3 is 0 Å². The summed E-state index contributed by atoms with van der Waals surface area (Å²) in [7, 11) is 1.61. The summed E-state index contributed by atoms with van der Waals surface area (Å²) in [4.78, 5) is 24.8. The maximum absolute atomic E-state index is 12.6. The third-order valence-electron chi connectivity index (χ3n) is 5.19. The molecule has 1 fully saturated rings. The highest BCUT2D eigenvalue weighted by Crippen LogP contribution is 2.41. The molecule has 146 valence electrons. The standard InChI is InChI=1S/C23H26N2O3/c1-17(24-21(26)14-11-18-9-12-20(28-2)13-10-18)22(27)25-23(15-6-16-23)19-7-4-3-5-8-19/h3-5,7-14,17H,6,15-16H2,1-2H3,(H,24,26)(H,25,27)/b14-11+. The van der Waals surface area contributed by atoms with E-state index in [1.807, 2.05) is 54.6 Å². The highest BCUT2D eigenvalue weighted by atomic mass is 16.5. The Kier molecular flexibility index (Phi) is 6.14. The molecule has 1 unspecified atom stereocenters. The first kappa shape index (κ1) is 19.7. The number of carbonyl (C=O) groups is 2. The van der Waals surface area contributed by atoms with E-state index in [2.05, 4.69) is 10.6 Å². The molecule has 0 spiro atoms. The Morgan fingerprint density at radius 1 is 1.07 bits per heavy atom. The molecule has 2 aromatic rings. The van der Waals surface area contributed by atoms with Gasteiger partial charge in [0.25, 0.3) is 0 Å². The molecule has 0 bridgehead atoms. The van der Waals surface area contributed by atoms with Crippen LogP contribution in [-0.2, 0) is 15.1 Å². The Morgan fingerprint density at radius 3 is 2.32 bits per heavy atom. The number of ether oxygens (including phenoxy) is 1. The molecule has 1 aliphatic rings. The quantitative estimate of drug-likeness (QED) is 0.726. The summed E-state index contributed by atoms with van der Waals surface area (Å²) in [5, 5.41) is 5.88. The summed E-state index contributed by atoms with van der Waals surface area (Å²) in [5.74, 6) is 0.283. The van der Waals surface area contributed by atoms with Gasteiger partial charge in [0.2, 0.25) is 11.8 Å². The summed E-state index contributed by atoms with van der Waals surface area (Å²) < 4.78 is 5.11. The zero-order valence-corrected chi connectivity index (χ0v) is 16.3. The van der Waals surface area contributed by atoms with Gasteiger partial charge in [-0.25, -0.2) is 0 Å². The smallest absolute Gasteiger partial charge is 0.244 e. The summed E-state index contributed by atoms with van der Waals surface area (Å²) >= 11 is 0. The third kappa shape index (κ3) is 4.60. The topological polar surface area (TPSA) is 67.4 Å². The van der Waals surface area contributed by atoms with E-state index >= 15 is 0 Å². The predicted molar refractivity (Wildman–Crippen MR) is 110 cm³/mol. The molecule has 5 heteroatoms. The lowest BCUT2D eigenvalue weighted by Crippen LogP contribution is -2.56.